The van der Waals surface area contributed by atoms with Crippen LogP contribution in [0.4, 0.5) is 5.69 Å². The van der Waals surface area contributed by atoms with Crippen molar-refractivity contribution < 1.29 is 9.53 Å². The molecule has 0 unspecified atom stereocenters. The van der Waals surface area contributed by atoms with E-state index in [1.54, 1.807) is 24.3 Å². The Kier molecular flexibility index (Phi) is 4.46. The van der Waals surface area contributed by atoms with Crippen molar-refractivity contribution in [3.63, 3.8) is 0 Å². The van der Waals surface area contributed by atoms with Crippen LogP contribution in [0.15, 0.2) is 41.5 Å². The molecule has 0 bridgehead atoms. The molecule has 1 aromatic heterocycles. The lowest BCUT2D eigenvalue weighted by Crippen LogP contribution is -2.17. The molecule has 7 heteroatoms. The molecule has 0 fully saturated rings. The summed E-state index contributed by atoms with van der Waals surface area (Å²) < 4.78 is 5.36. The van der Waals surface area contributed by atoms with Crippen molar-refractivity contribution >= 4 is 11.6 Å². The number of hydrogen-bond acceptors (Lipinski definition) is 5. The first-order valence-electron chi connectivity index (χ1n) is 5.98. The fraction of sp³-hybridized carbons (Fsp3) is 0.154. The van der Waals surface area contributed by atoms with E-state index in [0.29, 0.717) is 24.6 Å². The molecule has 2 rings (SSSR count). The van der Waals surface area contributed by atoms with E-state index < -0.39 is 5.91 Å². The van der Waals surface area contributed by atoms with Crippen molar-refractivity contribution in [1.82, 2.24) is 9.97 Å². The Labute approximate surface area is 114 Å². The lowest BCUT2D eigenvalue weighted by Gasteiger charge is -2.08. The molecule has 7 nitrogen and oxygen atoms in total. The Balaban J connectivity index is 2.07. The summed E-state index contributed by atoms with van der Waals surface area (Å²) in [6.45, 7) is 0.816. The molecule has 0 saturated carbocycles. The van der Waals surface area contributed by atoms with Crippen LogP contribution < -0.4 is 21.3 Å². The molecule has 0 atom stereocenters. The number of anilines is 1. The highest BCUT2D eigenvalue weighted by Crippen LogP contribution is 2.17. The number of hydrogen-bond donors (Lipinski definition) is 3. The summed E-state index contributed by atoms with van der Waals surface area (Å²) in [6.07, 6.45) is 2.31. The predicted octanol–water partition coefficient (Wildman–Crippen LogP) is 0.360. The first kappa shape index (κ1) is 13.8. The van der Waals surface area contributed by atoms with E-state index >= 15 is 0 Å². The first-order valence-corrected chi connectivity index (χ1v) is 5.98. The lowest BCUT2D eigenvalue weighted by molar-refractivity contribution is 0.102. The predicted molar refractivity (Wildman–Crippen MR) is 73.8 cm³/mol. The van der Waals surface area contributed by atoms with Crippen LogP contribution in [0.2, 0.25) is 0 Å². The van der Waals surface area contributed by atoms with Gasteiger partial charge in [0.2, 0.25) is 0 Å². The molecule has 1 aromatic carbocycles. The van der Waals surface area contributed by atoms with Gasteiger partial charge in [0.1, 0.15) is 18.1 Å². The molecule has 0 saturated heterocycles. The van der Waals surface area contributed by atoms with E-state index in [1.807, 2.05) is 0 Å². The average molecular weight is 274 g/mol. The maximum atomic E-state index is 11.9. The van der Waals surface area contributed by atoms with Crippen LogP contribution in [0.25, 0.3) is 0 Å². The summed E-state index contributed by atoms with van der Waals surface area (Å²) in [7, 11) is 0. The molecule has 0 aliphatic rings. The van der Waals surface area contributed by atoms with Crippen LogP contribution in [0, 0.1) is 0 Å². The number of rotatable bonds is 5. The molecule has 1 heterocycles. The number of nitrogens with zero attached hydrogens (tertiary/aromatic N) is 1. The second-order valence-corrected chi connectivity index (χ2v) is 3.92. The largest absolute Gasteiger partial charge is 0.492 e. The molecule has 0 radical (unpaired) electrons. The number of aromatic nitrogens is 2. The van der Waals surface area contributed by atoms with Crippen LogP contribution in [-0.2, 0) is 0 Å². The van der Waals surface area contributed by atoms with E-state index in [4.69, 9.17) is 10.5 Å². The molecule has 4 N–H and O–H groups in total. The Morgan fingerprint density at radius 2 is 2.30 bits per heavy atom. The molecule has 0 aliphatic carbocycles. The van der Waals surface area contributed by atoms with Gasteiger partial charge in [-0.05, 0) is 12.1 Å². The molecule has 0 aliphatic heterocycles. The van der Waals surface area contributed by atoms with Crippen molar-refractivity contribution in [2.24, 2.45) is 5.73 Å². The van der Waals surface area contributed by atoms with Gasteiger partial charge in [-0.15, -0.1) is 0 Å². The Bertz CT molecular complexity index is 634. The second kappa shape index (κ2) is 6.48. The number of nitrogens with two attached hydrogens (primary N) is 1. The highest BCUT2D eigenvalue weighted by atomic mass is 16.5. The third-order valence-corrected chi connectivity index (χ3v) is 2.38. The van der Waals surface area contributed by atoms with Gasteiger partial charge in [-0.2, -0.15) is 0 Å². The van der Waals surface area contributed by atoms with Gasteiger partial charge in [0.25, 0.3) is 11.5 Å². The van der Waals surface area contributed by atoms with Gasteiger partial charge in [0.15, 0.2) is 0 Å². The smallest absolute Gasteiger partial charge is 0.275 e. The number of amides is 1. The lowest BCUT2D eigenvalue weighted by atomic mass is 10.3. The normalized spacial score (nSPS) is 10.1. The third kappa shape index (κ3) is 3.66. The van der Waals surface area contributed by atoms with Crippen molar-refractivity contribution in [2.45, 2.75) is 0 Å². The molecule has 0 spiro atoms. The van der Waals surface area contributed by atoms with Crippen molar-refractivity contribution in [1.29, 1.82) is 0 Å². The SMILES string of the molecule is NCCOc1cccc(NC(=O)c2c[nH]c(=O)cn2)c1. The average Bonchev–Trinajstić information content (AvgIpc) is 2.46. The highest BCUT2D eigenvalue weighted by molar-refractivity contribution is 6.02. The van der Waals surface area contributed by atoms with Gasteiger partial charge in [-0.25, -0.2) is 4.98 Å². The van der Waals surface area contributed by atoms with Crippen molar-refractivity contribution in [3.05, 3.63) is 52.7 Å². The summed E-state index contributed by atoms with van der Waals surface area (Å²) >= 11 is 0. The zero-order valence-electron chi connectivity index (χ0n) is 10.6. The Morgan fingerprint density at radius 3 is 3.00 bits per heavy atom. The number of benzene rings is 1. The summed E-state index contributed by atoms with van der Waals surface area (Å²) in [5, 5.41) is 2.66. The minimum absolute atomic E-state index is 0.123. The summed E-state index contributed by atoms with van der Waals surface area (Å²) in [6, 6.07) is 6.92. The minimum atomic E-state index is -0.419. The molecular weight excluding hydrogens is 260 g/mol. The van der Waals surface area contributed by atoms with Gasteiger partial charge >= 0.3 is 0 Å². The van der Waals surface area contributed by atoms with E-state index in [0.717, 1.165) is 6.20 Å². The number of carbonyl (C=O) groups is 1. The second-order valence-electron chi connectivity index (χ2n) is 3.92. The van der Waals surface area contributed by atoms with Gasteiger partial charge in [-0.3, -0.25) is 9.59 Å². The quantitative estimate of drug-likeness (QED) is 0.729. The van der Waals surface area contributed by atoms with Crippen LogP contribution in [0.1, 0.15) is 10.5 Å². The molecule has 104 valence electrons. The molecule has 20 heavy (non-hydrogen) atoms. The number of H-pyrrole nitrogens is 1. The number of aromatic amines is 1. The third-order valence-electron chi connectivity index (χ3n) is 2.38. The van der Waals surface area contributed by atoms with Gasteiger partial charge in [0, 0.05) is 24.5 Å². The van der Waals surface area contributed by atoms with E-state index in [-0.39, 0.29) is 11.3 Å². The molecule has 1 amide bonds. The minimum Gasteiger partial charge on any atom is -0.492 e. The number of nitrogens with one attached hydrogen (secondary N) is 2. The maximum absolute atomic E-state index is 11.9. The van der Waals surface area contributed by atoms with Gasteiger partial charge in [-0.1, -0.05) is 6.07 Å². The highest BCUT2D eigenvalue weighted by Gasteiger charge is 2.08. The first-order chi connectivity index (χ1) is 9.69. The van der Waals surface area contributed by atoms with E-state index in [9.17, 15) is 9.59 Å². The topological polar surface area (TPSA) is 110 Å². The summed E-state index contributed by atoms with van der Waals surface area (Å²) in [4.78, 5) is 28.9. The number of carbonyl (C=O) groups excluding carboxylic acids is 1. The maximum Gasteiger partial charge on any atom is 0.275 e. The fourth-order valence-corrected chi connectivity index (χ4v) is 1.50. The Hall–Kier alpha value is -2.67. The zero-order chi connectivity index (χ0) is 14.4. The zero-order valence-corrected chi connectivity index (χ0v) is 10.6. The monoisotopic (exact) mass is 274 g/mol. The van der Waals surface area contributed by atoms with Crippen molar-refractivity contribution in [3.8, 4) is 5.75 Å². The van der Waals surface area contributed by atoms with Crippen LogP contribution >= 0.6 is 0 Å². The summed E-state index contributed by atoms with van der Waals surface area (Å²) in [5.41, 5.74) is 5.68. The van der Waals surface area contributed by atoms with E-state index in [1.165, 1.54) is 6.20 Å². The molecular formula is C13H14N4O3. The van der Waals surface area contributed by atoms with Crippen molar-refractivity contribution in [2.75, 3.05) is 18.5 Å². The van der Waals surface area contributed by atoms with Gasteiger partial charge in [0.05, 0.1) is 6.20 Å². The van der Waals surface area contributed by atoms with Crippen LogP contribution in [0.3, 0.4) is 0 Å². The fourth-order valence-electron chi connectivity index (χ4n) is 1.50. The van der Waals surface area contributed by atoms with Gasteiger partial charge < -0.3 is 20.8 Å². The molecule has 2 aromatic rings. The van der Waals surface area contributed by atoms with Crippen LogP contribution in [-0.4, -0.2) is 29.0 Å². The Morgan fingerprint density at radius 1 is 1.45 bits per heavy atom. The van der Waals surface area contributed by atoms with Crippen LogP contribution in [0.5, 0.6) is 5.75 Å². The summed E-state index contributed by atoms with van der Waals surface area (Å²) in [5.74, 6) is 0.194. The van der Waals surface area contributed by atoms with E-state index in [2.05, 4.69) is 15.3 Å². The number of ether oxygens (including phenoxy) is 1. The standard InChI is InChI=1S/C13H14N4O3/c14-4-5-20-10-3-1-2-9(6-10)17-13(19)11-7-16-12(18)8-15-11/h1-3,6-8H,4-5,14H2,(H,16,18)(H,17,19).